The number of halogens is 1. The SMILES string of the molecule is CC1(C)CCCNC1CNc1ncncc1I. The number of nitrogens with zero attached hydrogens (tertiary/aromatic N) is 2. The van der Waals surface area contributed by atoms with E-state index in [-0.39, 0.29) is 0 Å². The summed E-state index contributed by atoms with van der Waals surface area (Å²) in [5, 5.41) is 7.01. The fourth-order valence-corrected chi connectivity index (χ4v) is 2.75. The molecule has 1 aliphatic rings. The van der Waals surface area contributed by atoms with Gasteiger partial charge >= 0.3 is 0 Å². The first-order valence-electron chi connectivity index (χ1n) is 6.02. The van der Waals surface area contributed by atoms with Crippen LogP contribution in [0.5, 0.6) is 0 Å². The van der Waals surface area contributed by atoms with Crippen LogP contribution in [0, 0.1) is 8.99 Å². The summed E-state index contributed by atoms with van der Waals surface area (Å²) in [5.41, 5.74) is 0.351. The van der Waals surface area contributed by atoms with Crippen LogP contribution in [0.3, 0.4) is 0 Å². The Morgan fingerprint density at radius 2 is 2.41 bits per heavy atom. The number of anilines is 1. The van der Waals surface area contributed by atoms with Crippen LogP contribution in [-0.4, -0.2) is 29.1 Å². The van der Waals surface area contributed by atoms with Gasteiger partial charge in [-0.25, -0.2) is 9.97 Å². The average molecular weight is 346 g/mol. The van der Waals surface area contributed by atoms with Crippen LogP contribution in [-0.2, 0) is 0 Å². The largest absolute Gasteiger partial charge is 0.368 e. The van der Waals surface area contributed by atoms with E-state index in [0.29, 0.717) is 11.5 Å². The molecule has 0 aliphatic carbocycles. The molecule has 2 N–H and O–H groups in total. The highest BCUT2D eigenvalue weighted by atomic mass is 127. The van der Waals surface area contributed by atoms with E-state index in [0.717, 1.165) is 22.5 Å². The number of piperidine rings is 1. The van der Waals surface area contributed by atoms with Gasteiger partial charge in [-0.3, -0.25) is 0 Å². The van der Waals surface area contributed by atoms with E-state index in [1.807, 2.05) is 6.20 Å². The molecule has 0 radical (unpaired) electrons. The second kappa shape index (κ2) is 5.48. The molecule has 94 valence electrons. The van der Waals surface area contributed by atoms with Gasteiger partial charge in [0.25, 0.3) is 0 Å². The molecule has 0 amide bonds. The van der Waals surface area contributed by atoms with Crippen molar-refractivity contribution in [1.82, 2.24) is 15.3 Å². The molecule has 0 aromatic carbocycles. The topological polar surface area (TPSA) is 49.8 Å². The fraction of sp³-hybridized carbons (Fsp3) is 0.667. The molecule has 1 fully saturated rings. The van der Waals surface area contributed by atoms with Crippen LogP contribution in [0.15, 0.2) is 12.5 Å². The summed E-state index contributed by atoms with van der Waals surface area (Å²) in [6, 6.07) is 0.502. The number of aromatic nitrogens is 2. The van der Waals surface area contributed by atoms with Gasteiger partial charge in [0, 0.05) is 18.8 Å². The molecule has 0 bridgehead atoms. The lowest BCUT2D eigenvalue weighted by molar-refractivity contribution is 0.188. The lowest BCUT2D eigenvalue weighted by Gasteiger charge is -2.39. The van der Waals surface area contributed by atoms with Crippen LogP contribution in [0.4, 0.5) is 5.82 Å². The van der Waals surface area contributed by atoms with E-state index < -0.39 is 0 Å². The van der Waals surface area contributed by atoms with Crippen LogP contribution in [0.2, 0.25) is 0 Å². The molecule has 5 heteroatoms. The molecule has 1 aromatic rings. The van der Waals surface area contributed by atoms with Crippen molar-refractivity contribution < 1.29 is 0 Å². The average Bonchev–Trinajstić information content (AvgIpc) is 2.29. The third kappa shape index (κ3) is 3.28. The quantitative estimate of drug-likeness (QED) is 0.825. The Balaban J connectivity index is 1.96. The highest BCUT2D eigenvalue weighted by Crippen LogP contribution is 2.30. The second-order valence-corrected chi connectivity index (χ2v) is 6.36. The number of hydrogen-bond acceptors (Lipinski definition) is 4. The predicted octanol–water partition coefficient (Wildman–Crippen LogP) is 2.27. The molecule has 4 nitrogen and oxygen atoms in total. The fourth-order valence-electron chi connectivity index (χ4n) is 2.26. The Morgan fingerprint density at radius 1 is 1.59 bits per heavy atom. The van der Waals surface area contributed by atoms with Gasteiger partial charge in [-0.05, 0) is 47.4 Å². The van der Waals surface area contributed by atoms with Gasteiger partial charge in [-0.2, -0.15) is 0 Å². The zero-order chi connectivity index (χ0) is 12.3. The summed E-state index contributed by atoms with van der Waals surface area (Å²) < 4.78 is 1.07. The number of nitrogens with one attached hydrogen (secondary N) is 2. The number of hydrogen-bond donors (Lipinski definition) is 2. The Bertz CT molecular complexity index is 381. The van der Waals surface area contributed by atoms with E-state index in [1.54, 1.807) is 6.33 Å². The van der Waals surface area contributed by atoms with Crippen molar-refractivity contribution in [2.45, 2.75) is 32.7 Å². The lowest BCUT2D eigenvalue weighted by Crippen LogP contribution is -2.50. The van der Waals surface area contributed by atoms with Crippen molar-refractivity contribution in [1.29, 1.82) is 0 Å². The maximum absolute atomic E-state index is 4.25. The van der Waals surface area contributed by atoms with Crippen LogP contribution < -0.4 is 10.6 Å². The monoisotopic (exact) mass is 346 g/mol. The predicted molar refractivity (Wildman–Crippen MR) is 78.0 cm³/mol. The lowest BCUT2D eigenvalue weighted by atomic mass is 9.77. The van der Waals surface area contributed by atoms with Crippen LogP contribution in [0.25, 0.3) is 0 Å². The van der Waals surface area contributed by atoms with E-state index in [9.17, 15) is 0 Å². The Morgan fingerprint density at radius 3 is 3.12 bits per heavy atom. The molecule has 2 heterocycles. The first kappa shape index (κ1) is 13.0. The molecule has 1 aromatic heterocycles. The minimum absolute atomic E-state index is 0.351. The van der Waals surface area contributed by atoms with E-state index in [1.165, 1.54) is 12.8 Å². The maximum atomic E-state index is 4.25. The molecular formula is C12H19IN4. The molecular weight excluding hydrogens is 327 g/mol. The van der Waals surface area contributed by atoms with Gasteiger partial charge in [-0.1, -0.05) is 13.8 Å². The normalized spacial score (nSPS) is 23.4. The summed E-state index contributed by atoms with van der Waals surface area (Å²) in [6.45, 7) is 6.70. The van der Waals surface area contributed by atoms with Gasteiger partial charge in [0.15, 0.2) is 0 Å². The molecule has 0 saturated carbocycles. The Labute approximate surface area is 116 Å². The summed E-state index contributed by atoms with van der Waals surface area (Å²) in [7, 11) is 0. The highest BCUT2D eigenvalue weighted by molar-refractivity contribution is 14.1. The molecule has 2 rings (SSSR count). The number of rotatable bonds is 3. The molecule has 0 spiro atoms. The molecule has 1 saturated heterocycles. The van der Waals surface area contributed by atoms with Crippen molar-refractivity contribution in [3.05, 3.63) is 16.1 Å². The summed E-state index contributed by atoms with van der Waals surface area (Å²) in [6.07, 6.45) is 5.97. The second-order valence-electron chi connectivity index (χ2n) is 5.20. The van der Waals surface area contributed by atoms with Crippen molar-refractivity contribution in [2.24, 2.45) is 5.41 Å². The van der Waals surface area contributed by atoms with Crippen molar-refractivity contribution in [3.63, 3.8) is 0 Å². The molecule has 17 heavy (non-hydrogen) atoms. The Hall–Kier alpha value is -0.430. The van der Waals surface area contributed by atoms with Gasteiger partial charge < -0.3 is 10.6 Å². The van der Waals surface area contributed by atoms with E-state index in [4.69, 9.17) is 0 Å². The minimum Gasteiger partial charge on any atom is -0.368 e. The van der Waals surface area contributed by atoms with E-state index in [2.05, 4.69) is 57.0 Å². The molecule has 1 atom stereocenters. The smallest absolute Gasteiger partial charge is 0.142 e. The zero-order valence-electron chi connectivity index (χ0n) is 10.3. The van der Waals surface area contributed by atoms with Gasteiger partial charge in [0.2, 0.25) is 0 Å². The summed E-state index contributed by atoms with van der Waals surface area (Å²) in [4.78, 5) is 8.25. The van der Waals surface area contributed by atoms with Crippen LogP contribution >= 0.6 is 22.6 Å². The summed E-state index contributed by atoms with van der Waals surface area (Å²) in [5.74, 6) is 0.934. The minimum atomic E-state index is 0.351. The zero-order valence-corrected chi connectivity index (χ0v) is 12.5. The third-order valence-electron chi connectivity index (χ3n) is 3.47. The first-order valence-corrected chi connectivity index (χ1v) is 7.10. The Kier molecular flexibility index (Phi) is 4.19. The van der Waals surface area contributed by atoms with Crippen molar-refractivity contribution in [3.8, 4) is 0 Å². The van der Waals surface area contributed by atoms with Crippen LogP contribution in [0.1, 0.15) is 26.7 Å². The molecule has 1 aliphatic heterocycles. The van der Waals surface area contributed by atoms with Gasteiger partial charge in [0.05, 0.1) is 3.57 Å². The van der Waals surface area contributed by atoms with Gasteiger partial charge in [0.1, 0.15) is 12.1 Å². The van der Waals surface area contributed by atoms with Crippen molar-refractivity contribution >= 4 is 28.4 Å². The van der Waals surface area contributed by atoms with Gasteiger partial charge in [-0.15, -0.1) is 0 Å². The summed E-state index contributed by atoms with van der Waals surface area (Å²) >= 11 is 2.26. The maximum Gasteiger partial charge on any atom is 0.142 e. The van der Waals surface area contributed by atoms with E-state index >= 15 is 0 Å². The standard InChI is InChI=1S/C12H19IN4/c1-12(2)4-3-5-15-10(12)7-16-11-9(13)6-14-8-17-11/h6,8,10,15H,3-5,7H2,1-2H3,(H,14,16,17). The third-order valence-corrected chi connectivity index (χ3v) is 4.26. The molecule has 1 unspecified atom stereocenters. The highest BCUT2D eigenvalue weighted by Gasteiger charge is 2.31. The van der Waals surface area contributed by atoms with Crippen molar-refractivity contribution in [2.75, 3.05) is 18.4 Å². The first-order chi connectivity index (χ1) is 8.09.